The predicted molar refractivity (Wildman–Crippen MR) is 114 cm³/mol. The van der Waals surface area contributed by atoms with E-state index in [-0.39, 0.29) is 23.2 Å². The number of nitrogens with zero attached hydrogens (tertiary/aromatic N) is 4. The zero-order chi connectivity index (χ0) is 22.1. The van der Waals surface area contributed by atoms with Crippen LogP contribution < -0.4 is 0 Å². The van der Waals surface area contributed by atoms with Crippen LogP contribution in [0, 0.1) is 26.1 Å². The van der Waals surface area contributed by atoms with E-state index in [1.165, 1.54) is 36.2 Å². The highest BCUT2D eigenvalue weighted by Crippen LogP contribution is 2.44. The highest BCUT2D eigenvalue weighted by Gasteiger charge is 2.43. The number of hydrogen-bond donors (Lipinski definition) is 0. The number of nitro groups is 2. The van der Waals surface area contributed by atoms with Gasteiger partial charge in [0.15, 0.2) is 0 Å². The Balaban J connectivity index is 1.74. The average Bonchev–Trinajstić information content (AvgIpc) is 3.15. The van der Waals surface area contributed by atoms with Gasteiger partial charge in [0.2, 0.25) is 5.91 Å². The van der Waals surface area contributed by atoms with Crippen LogP contribution in [0.3, 0.4) is 0 Å². The third-order valence-electron chi connectivity index (χ3n) is 5.67. The minimum atomic E-state index is -0.452. The molecule has 2 aromatic carbocycles. The Morgan fingerprint density at radius 1 is 1.10 bits per heavy atom. The molecule has 1 amide bonds. The van der Waals surface area contributed by atoms with E-state index in [2.05, 4.69) is 5.10 Å². The molecule has 0 aromatic heterocycles. The van der Waals surface area contributed by atoms with Crippen molar-refractivity contribution in [2.24, 2.45) is 11.0 Å². The van der Waals surface area contributed by atoms with Gasteiger partial charge in [0.25, 0.3) is 11.4 Å². The SMILES string of the molecule is CC(=O)N1N=C2/C(=C/c3cccc([N+](=O)[O-])c3)CCC[C@@H]2[C@H]1c1cccc([N+](=O)[O-])c1. The summed E-state index contributed by atoms with van der Waals surface area (Å²) < 4.78 is 0. The molecule has 158 valence electrons. The molecule has 2 aliphatic rings. The van der Waals surface area contributed by atoms with Crippen molar-refractivity contribution in [2.45, 2.75) is 32.2 Å². The summed E-state index contributed by atoms with van der Waals surface area (Å²) in [5.41, 5.74) is 3.04. The summed E-state index contributed by atoms with van der Waals surface area (Å²) in [6.07, 6.45) is 4.28. The van der Waals surface area contributed by atoms with Crippen molar-refractivity contribution in [1.29, 1.82) is 0 Å². The predicted octanol–water partition coefficient (Wildman–Crippen LogP) is 4.65. The van der Waals surface area contributed by atoms with E-state index in [4.69, 9.17) is 0 Å². The number of rotatable bonds is 4. The second-order valence-corrected chi connectivity index (χ2v) is 7.67. The molecule has 0 N–H and O–H groups in total. The van der Waals surface area contributed by atoms with E-state index in [1.54, 1.807) is 24.3 Å². The summed E-state index contributed by atoms with van der Waals surface area (Å²) >= 11 is 0. The fraction of sp³-hybridized carbons (Fsp3) is 0.273. The molecule has 2 atom stereocenters. The van der Waals surface area contributed by atoms with Crippen molar-refractivity contribution < 1.29 is 14.6 Å². The highest BCUT2D eigenvalue weighted by molar-refractivity contribution is 6.08. The van der Waals surface area contributed by atoms with Crippen LogP contribution in [0.1, 0.15) is 43.4 Å². The van der Waals surface area contributed by atoms with Crippen molar-refractivity contribution in [3.8, 4) is 0 Å². The molecule has 1 aliphatic heterocycles. The maximum Gasteiger partial charge on any atom is 0.270 e. The molecule has 0 bridgehead atoms. The van der Waals surface area contributed by atoms with Gasteiger partial charge in [-0.2, -0.15) is 5.10 Å². The summed E-state index contributed by atoms with van der Waals surface area (Å²) in [7, 11) is 0. The summed E-state index contributed by atoms with van der Waals surface area (Å²) in [6.45, 7) is 1.43. The molecular weight excluding hydrogens is 400 g/mol. The molecule has 1 fully saturated rings. The molecule has 1 saturated carbocycles. The van der Waals surface area contributed by atoms with Crippen molar-refractivity contribution >= 4 is 29.1 Å². The normalized spacial score (nSPS) is 21.5. The number of hydrazone groups is 1. The minimum Gasteiger partial charge on any atom is -0.273 e. The number of non-ortho nitro benzene ring substituents is 2. The smallest absolute Gasteiger partial charge is 0.270 e. The van der Waals surface area contributed by atoms with Gasteiger partial charge in [0, 0.05) is 37.1 Å². The molecule has 0 radical (unpaired) electrons. The van der Waals surface area contributed by atoms with Crippen LogP contribution >= 0.6 is 0 Å². The van der Waals surface area contributed by atoms with Gasteiger partial charge in [-0.1, -0.05) is 24.3 Å². The van der Waals surface area contributed by atoms with Gasteiger partial charge < -0.3 is 0 Å². The largest absolute Gasteiger partial charge is 0.273 e. The molecule has 9 heteroatoms. The van der Waals surface area contributed by atoms with E-state index < -0.39 is 15.9 Å². The van der Waals surface area contributed by atoms with Crippen LogP contribution in [-0.4, -0.2) is 26.5 Å². The third kappa shape index (κ3) is 3.94. The maximum atomic E-state index is 12.4. The molecule has 2 aromatic rings. The van der Waals surface area contributed by atoms with Crippen LogP contribution in [0.2, 0.25) is 0 Å². The lowest BCUT2D eigenvalue weighted by Gasteiger charge is -2.29. The summed E-state index contributed by atoms with van der Waals surface area (Å²) in [4.78, 5) is 33.8. The van der Waals surface area contributed by atoms with Crippen molar-refractivity contribution in [2.75, 3.05) is 0 Å². The molecule has 9 nitrogen and oxygen atoms in total. The van der Waals surface area contributed by atoms with Crippen LogP contribution in [0.15, 0.2) is 59.2 Å². The molecule has 1 heterocycles. The van der Waals surface area contributed by atoms with Crippen molar-refractivity contribution in [1.82, 2.24) is 5.01 Å². The second-order valence-electron chi connectivity index (χ2n) is 7.67. The van der Waals surface area contributed by atoms with Crippen molar-refractivity contribution in [3.63, 3.8) is 0 Å². The van der Waals surface area contributed by atoms with Gasteiger partial charge in [-0.15, -0.1) is 0 Å². The number of nitro benzene ring substituents is 2. The van der Waals surface area contributed by atoms with Gasteiger partial charge in [0.05, 0.1) is 21.6 Å². The third-order valence-corrected chi connectivity index (χ3v) is 5.67. The van der Waals surface area contributed by atoms with E-state index in [9.17, 15) is 25.0 Å². The zero-order valence-electron chi connectivity index (χ0n) is 16.8. The average molecular weight is 420 g/mol. The van der Waals surface area contributed by atoms with Gasteiger partial charge in [-0.05, 0) is 42.0 Å². The second kappa shape index (κ2) is 8.10. The van der Waals surface area contributed by atoms with Gasteiger partial charge in [-0.3, -0.25) is 25.0 Å². The number of carbonyl (C=O) groups excluding carboxylic acids is 1. The zero-order valence-corrected chi connectivity index (χ0v) is 16.8. The number of fused-ring (bicyclic) bond motifs is 1. The minimum absolute atomic E-state index is 0.00917. The Morgan fingerprint density at radius 3 is 2.45 bits per heavy atom. The Hall–Kier alpha value is -3.88. The molecular formula is C22H20N4O5. The van der Waals surface area contributed by atoms with Crippen LogP contribution in [0.4, 0.5) is 11.4 Å². The van der Waals surface area contributed by atoms with E-state index in [0.717, 1.165) is 30.5 Å². The van der Waals surface area contributed by atoms with Crippen LogP contribution in [0.25, 0.3) is 6.08 Å². The Morgan fingerprint density at radius 2 is 1.77 bits per heavy atom. The number of hydrogen-bond acceptors (Lipinski definition) is 6. The lowest BCUT2D eigenvalue weighted by Crippen LogP contribution is -2.30. The number of carbonyl (C=O) groups is 1. The van der Waals surface area contributed by atoms with E-state index in [0.29, 0.717) is 11.1 Å². The Kier molecular flexibility index (Phi) is 5.33. The summed E-state index contributed by atoms with van der Waals surface area (Å²) in [6, 6.07) is 12.3. The summed E-state index contributed by atoms with van der Waals surface area (Å²) in [5, 5.41) is 28.3. The highest BCUT2D eigenvalue weighted by atomic mass is 16.6. The monoisotopic (exact) mass is 420 g/mol. The van der Waals surface area contributed by atoms with Gasteiger partial charge in [-0.25, -0.2) is 5.01 Å². The van der Waals surface area contributed by atoms with Crippen LogP contribution in [-0.2, 0) is 4.79 Å². The molecule has 0 unspecified atom stereocenters. The van der Waals surface area contributed by atoms with E-state index >= 15 is 0 Å². The number of benzene rings is 2. The van der Waals surface area contributed by atoms with Gasteiger partial charge in [0.1, 0.15) is 0 Å². The molecule has 1 aliphatic carbocycles. The first-order chi connectivity index (χ1) is 14.8. The topological polar surface area (TPSA) is 119 Å². The number of amides is 1. The Labute approximate surface area is 178 Å². The molecule has 4 rings (SSSR count). The Bertz CT molecular complexity index is 1140. The first-order valence-corrected chi connectivity index (χ1v) is 9.93. The lowest BCUT2D eigenvalue weighted by atomic mass is 9.77. The van der Waals surface area contributed by atoms with Crippen molar-refractivity contribution in [3.05, 3.63) is 85.5 Å². The molecule has 0 spiro atoms. The van der Waals surface area contributed by atoms with Crippen LogP contribution in [0.5, 0.6) is 0 Å². The first-order valence-electron chi connectivity index (χ1n) is 9.93. The number of allylic oxidation sites excluding steroid dienone is 1. The molecule has 0 saturated heterocycles. The summed E-state index contributed by atoms with van der Waals surface area (Å²) in [5.74, 6) is -0.335. The fourth-order valence-electron chi connectivity index (χ4n) is 4.35. The maximum absolute atomic E-state index is 12.4. The van der Waals surface area contributed by atoms with E-state index in [1.807, 2.05) is 6.08 Å². The van der Waals surface area contributed by atoms with Gasteiger partial charge >= 0.3 is 0 Å². The standard InChI is InChI=1S/C22H20N4O5/c1-14(27)24-22(17-7-3-9-19(13-17)26(30)31)20-10-4-6-16(21(20)23-24)11-15-5-2-8-18(12-15)25(28)29/h2-3,5,7-9,11-13,20,22H,4,6,10H2,1H3/b16-11+/t20-,22+/m0/s1. The lowest BCUT2D eigenvalue weighted by molar-refractivity contribution is -0.385. The first kappa shape index (κ1) is 20.4. The quantitative estimate of drug-likeness (QED) is 0.527. The fourth-order valence-corrected chi connectivity index (χ4v) is 4.35. The molecule has 31 heavy (non-hydrogen) atoms.